The first-order valence-electron chi connectivity index (χ1n) is 9.21. The molecule has 2 N–H and O–H groups in total. The molecule has 2 aliphatic rings. The molecule has 2 fully saturated rings. The Balaban J connectivity index is 1.55. The van der Waals surface area contributed by atoms with Crippen molar-refractivity contribution in [2.75, 3.05) is 6.54 Å². The van der Waals surface area contributed by atoms with Crippen LogP contribution in [-0.2, 0) is 16.1 Å². The number of carbonyl (C=O) groups excluding carboxylic acids is 2. The van der Waals surface area contributed by atoms with Crippen LogP contribution in [0.1, 0.15) is 62.8 Å². The first kappa shape index (κ1) is 17.0. The van der Waals surface area contributed by atoms with E-state index in [9.17, 15) is 9.59 Å². The largest absolute Gasteiger partial charge is 0.350 e. The number of aryl methyl sites for hydroxylation is 1. The zero-order valence-electron chi connectivity index (χ0n) is 14.5. The Kier molecular flexibility index (Phi) is 5.53. The molecule has 1 aromatic heterocycles. The maximum absolute atomic E-state index is 12.5. The molecular weight excluding hydrogens is 304 g/mol. The third-order valence-electron chi connectivity index (χ3n) is 5.28. The Morgan fingerprint density at radius 3 is 2.71 bits per heavy atom. The van der Waals surface area contributed by atoms with Crippen LogP contribution >= 0.6 is 0 Å². The Hall–Kier alpha value is -1.85. The molecule has 1 saturated carbocycles. The van der Waals surface area contributed by atoms with Gasteiger partial charge in [-0.3, -0.25) is 14.7 Å². The van der Waals surface area contributed by atoms with Gasteiger partial charge in [-0.2, -0.15) is 5.10 Å². The van der Waals surface area contributed by atoms with Crippen LogP contribution in [0.25, 0.3) is 0 Å². The molecule has 2 amide bonds. The van der Waals surface area contributed by atoms with Crippen molar-refractivity contribution in [3.63, 3.8) is 0 Å². The molecule has 24 heavy (non-hydrogen) atoms. The summed E-state index contributed by atoms with van der Waals surface area (Å²) in [6.45, 7) is 2.96. The van der Waals surface area contributed by atoms with Crippen LogP contribution in [-0.4, -0.2) is 39.5 Å². The van der Waals surface area contributed by atoms with Gasteiger partial charge in [0.2, 0.25) is 11.8 Å². The highest BCUT2D eigenvalue weighted by atomic mass is 16.2. The summed E-state index contributed by atoms with van der Waals surface area (Å²) in [7, 11) is 0. The zero-order valence-corrected chi connectivity index (χ0v) is 14.5. The van der Waals surface area contributed by atoms with E-state index in [2.05, 4.69) is 15.5 Å². The van der Waals surface area contributed by atoms with E-state index < -0.39 is 0 Å². The van der Waals surface area contributed by atoms with Gasteiger partial charge < -0.3 is 10.2 Å². The molecule has 3 rings (SSSR count). The van der Waals surface area contributed by atoms with Crippen LogP contribution in [0.4, 0.5) is 0 Å². The number of aromatic nitrogens is 2. The van der Waals surface area contributed by atoms with Crippen molar-refractivity contribution in [1.82, 2.24) is 20.4 Å². The third kappa shape index (κ3) is 4.16. The molecule has 0 bridgehead atoms. The van der Waals surface area contributed by atoms with Gasteiger partial charge in [-0.15, -0.1) is 0 Å². The number of carbonyl (C=O) groups is 2. The minimum atomic E-state index is -0.0917. The molecule has 1 saturated heterocycles. The van der Waals surface area contributed by atoms with Gasteiger partial charge in [0.05, 0.1) is 18.2 Å². The van der Waals surface area contributed by atoms with E-state index in [4.69, 9.17) is 0 Å². The van der Waals surface area contributed by atoms with Crippen molar-refractivity contribution >= 4 is 11.8 Å². The van der Waals surface area contributed by atoms with Gasteiger partial charge in [0.15, 0.2) is 0 Å². The van der Waals surface area contributed by atoms with Crippen molar-refractivity contribution in [1.29, 1.82) is 0 Å². The summed E-state index contributed by atoms with van der Waals surface area (Å²) >= 11 is 0. The molecule has 6 heteroatoms. The number of piperidine rings is 1. The number of H-pyrrole nitrogens is 1. The van der Waals surface area contributed by atoms with Crippen molar-refractivity contribution in [3.8, 4) is 0 Å². The molecular formula is C18H28N4O2. The standard InChI is InChI=1S/C18H28N4O2/c1-13-10-15(21-20-13)11-19-18(24)14-8-9-17(23)22(12-14)16-6-4-2-3-5-7-16/h10,14,16H,2-9,11-12H2,1H3,(H,19,24)(H,20,21)/t14-/m1/s1. The van der Waals surface area contributed by atoms with Crippen molar-refractivity contribution < 1.29 is 9.59 Å². The highest BCUT2D eigenvalue weighted by Gasteiger charge is 2.34. The molecule has 132 valence electrons. The van der Waals surface area contributed by atoms with E-state index in [0.717, 1.165) is 24.2 Å². The van der Waals surface area contributed by atoms with Gasteiger partial charge in [-0.1, -0.05) is 25.7 Å². The first-order chi connectivity index (χ1) is 11.6. The van der Waals surface area contributed by atoms with Crippen LogP contribution in [0.15, 0.2) is 6.07 Å². The fourth-order valence-electron chi connectivity index (χ4n) is 3.90. The fourth-order valence-corrected chi connectivity index (χ4v) is 3.90. The van der Waals surface area contributed by atoms with E-state index in [-0.39, 0.29) is 17.7 Å². The smallest absolute Gasteiger partial charge is 0.225 e. The molecule has 1 aromatic rings. The second-order valence-corrected chi connectivity index (χ2v) is 7.19. The van der Waals surface area contributed by atoms with Gasteiger partial charge in [0.25, 0.3) is 0 Å². The minimum Gasteiger partial charge on any atom is -0.350 e. The van der Waals surface area contributed by atoms with Crippen LogP contribution in [0.5, 0.6) is 0 Å². The van der Waals surface area contributed by atoms with Gasteiger partial charge >= 0.3 is 0 Å². The highest BCUT2D eigenvalue weighted by molar-refractivity contribution is 5.84. The van der Waals surface area contributed by atoms with Gasteiger partial charge in [0.1, 0.15) is 0 Å². The summed E-state index contributed by atoms with van der Waals surface area (Å²) in [5, 5.41) is 9.99. The lowest BCUT2D eigenvalue weighted by Crippen LogP contribution is -2.49. The molecule has 6 nitrogen and oxygen atoms in total. The number of nitrogens with one attached hydrogen (secondary N) is 2. The van der Waals surface area contributed by atoms with Gasteiger partial charge in [-0.25, -0.2) is 0 Å². The van der Waals surface area contributed by atoms with Crippen LogP contribution in [0.3, 0.4) is 0 Å². The van der Waals surface area contributed by atoms with Crippen LogP contribution < -0.4 is 5.32 Å². The number of amides is 2. The molecule has 0 radical (unpaired) electrons. The quantitative estimate of drug-likeness (QED) is 0.831. The van der Waals surface area contributed by atoms with E-state index in [1.54, 1.807) is 0 Å². The summed E-state index contributed by atoms with van der Waals surface area (Å²) in [6, 6.07) is 2.27. The predicted octanol–water partition coefficient (Wildman–Crippen LogP) is 2.30. The maximum atomic E-state index is 12.5. The number of rotatable bonds is 4. The van der Waals surface area contributed by atoms with Crippen molar-refractivity contribution in [2.24, 2.45) is 5.92 Å². The van der Waals surface area contributed by atoms with Crippen molar-refractivity contribution in [3.05, 3.63) is 17.5 Å². The summed E-state index contributed by atoms with van der Waals surface area (Å²) in [6.07, 6.45) is 8.27. The molecule has 1 aliphatic heterocycles. The second-order valence-electron chi connectivity index (χ2n) is 7.19. The van der Waals surface area contributed by atoms with E-state index >= 15 is 0 Å². The number of likely N-dealkylation sites (tertiary alicyclic amines) is 1. The lowest BCUT2D eigenvalue weighted by molar-refractivity contribution is -0.141. The van der Waals surface area contributed by atoms with E-state index in [1.807, 2.05) is 17.9 Å². The third-order valence-corrected chi connectivity index (χ3v) is 5.28. The SMILES string of the molecule is Cc1cc(CNC(=O)[C@@H]2CCC(=O)N(C3CCCCCC3)C2)n[nH]1. The summed E-state index contributed by atoms with van der Waals surface area (Å²) in [5.74, 6) is 0.182. The zero-order chi connectivity index (χ0) is 16.9. The second kappa shape index (κ2) is 7.81. The first-order valence-corrected chi connectivity index (χ1v) is 9.21. The molecule has 0 aromatic carbocycles. The summed E-state index contributed by atoms with van der Waals surface area (Å²) < 4.78 is 0. The maximum Gasteiger partial charge on any atom is 0.225 e. The number of hydrogen-bond acceptors (Lipinski definition) is 3. The topological polar surface area (TPSA) is 78.1 Å². The Bertz CT molecular complexity index is 575. The average Bonchev–Trinajstić information content (AvgIpc) is 2.83. The Morgan fingerprint density at radius 1 is 1.29 bits per heavy atom. The highest BCUT2D eigenvalue weighted by Crippen LogP contribution is 2.27. The van der Waals surface area contributed by atoms with E-state index in [1.165, 1.54) is 25.7 Å². The van der Waals surface area contributed by atoms with Crippen LogP contribution in [0, 0.1) is 12.8 Å². The van der Waals surface area contributed by atoms with Crippen molar-refractivity contribution in [2.45, 2.75) is 70.9 Å². The van der Waals surface area contributed by atoms with E-state index in [0.29, 0.717) is 32.0 Å². The lowest BCUT2D eigenvalue weighted by Gasteiger charge is -2.37. The molecule has 1 aliphatic carbocycles. The fraction of sp³-hybridized carbons (Fsp3) is 0.722. The Labute approximate surface area is 143 Å². The predicted molar refractivity (Wildman–Crippen MR) is 91.1 cm³/mol. The Morgan fingerprint density at radius 2 is 2.04 bits per heavy atom. The molecule has 0 unspecified atom stereocenters. The normalized spacial score (nSPS) is 23.1. The minimum absolute atomic E-state index is 0.0433. The monoisotopic (exact) mass is 332 g/mol. The lowest BCUT2D eigenvalue weighted by atomic mass is 9.93. The van der Waals surface area contributed by atoms with Gasteiger partial charge in [0, 0.05) is 24.7 Å². The molecule has 0 spiro atoms. The summed E-state index contributed by atoms with van der Waals surface area (Å²) in [4.78, 5) is 26.8. The van der Waals surface area contributed by atoms with Gasteiger partial charge in [-0.05, 0) is 32.3 Å². The average molecular weight is 332 g/mol. The number of aromatic amines is 1. The molecule has 1 atom stereocenters. The van der Waals surface area contributed by atoms with Crippen LogP contribution in [0.2, 0.25) is 0 Å². The number of hydrogen-bond donors (Lipinski definition) is 2. The number of nitrogens with zero attached hydrogens (tertiary/aromatic N) is 2. The summed E-state index contributed by atoms with van der Waals surface area (Å²) in [5.41, 5.74) is 1.83. The molecule has 2 heterocycles.